The molecule has 0 radical (unpaired) electrons. The van der Waals surface area contributed by atoms with Crippen molar-refractivity contribution in [2.75, 3.05) is 19.7 Å². The molecule has 0 aromatic heterocycles. The number of aliphatic hydroxyl groups excluding tert-OH is 2. The summed E-state index contributed by atoms with van der Waals surface area (Å²) in [7, 11) is 0. The summed E-state index contributed by atoms with van der Waals surface area (Å²) in [4.78, 5) is 14.8. The van der Waals surface area contributed by atoms with Gasteiger partial charge in [0.15, 0.2) is 6.29 Å². The molecule has 0 spiro atoms. The zero-order valence-corrected chi connectivity index (χ0v) is 29.1. The number of amides is 1. The van der Waals surface area contributed by atoms with Crippen LogP contribution in [0, 0.1) is 0 Å². The normalized spacial score (nSPS) is 21.7. The number of rotatable bonds is 22. The zero-order valence-electron chi connectivity index (χ0n) is 29.1. The molecule has 2 aliphatic heterocycles. The van der Waals surface area contributed by atoms with Gasteiger partial charge in [-0.3, -0.25) is 9.69 Å². The first-order chi connectivity index (χ1) is 23.1. The summed E-state index contributed by atoms with van der Waals surface area (Å²) in [5.41, 5.74) is 3.96. The SMILES string of the molecule is CCCCCCCCCCCCCCCC(=O)NCc1ccc(C2OC(CN3CCCC3CO)CC(c3ccc(CO)cc3)O2)cc1. The van der Waals surface area contributed by atoms with Crippen LogP contribution < -0.4 is 5.32 Å². The van der Waals surface area contributed by atoms with Crippen LogP contribution in [0.3, 0.4) is 0 Å². The molecular weight excluding hydrogens is 588 g/mol. The molecule has 4 atom stereocenters. The minimum absolute atomic E-state index is 0.0178. The third kappa shape index (κ3) is 13.3. The van der Waals surface area contributed by atoms with Crippen LogP contribution in [0.1, 0.15) is 151 Å². The highest BCUT2D eigenvalue weighted by Crippen LogP contribution is 2.38. The molecule has 2 aromatic carbocycles. The van der Waals surface area contributed by atoms with Crippen LogP contribution in [-0.2, 0) is 27.4 Å². The number of nitrogens with one attached hydrogen (secondary N) is 1. The summed E-state index contributed by atoms with van der Waals surface area (Å²) in [6.07, 6.45) is 19.7. The fraction of sp³-hybridized carbons (Fsp3) is 0.675. The maximum Gasteiger partial charge on any atom is 0.220 e. The Morgan fingerprint density at radius 2 is 1.38 bits per heavy atom. The number of likely N-dealkylation sites (tertiary alicyclic amines) is 1. The van der Waals surface area contributed by atoms with E-state index >= 15 is 0 Å². The second-order valence-corrected chi connectivity index (χ2v) is 13.8. The van der Waals surface area contributed by atoms with Gasteiger partial charge in [0.25, 0.3) is 0 Å². The van der Waals surface area contributed by atoms with Gasteiger partial charge >= 0.3 is 0 Å². The molecule has 2 aliphatic rings. The molecule has 3 N–H and O–H groups in total. The van der Waals surface area contributed by atoms with Gasteiger partial charge in [-0.1, -0.05) is 133 Å². The van der Waals surface area contributed by atoms with Crippen molar-refractivity contribution < 1.29 is 24.5 Å². The molecule has 2 fully saturated rings. The molecule has 2 aromatic rings. The van der Waals surface area contributed by atoms with Crippen molar-refractivity contribution in [3.05, 3.63) is 70.8 Å². The van der Waals surface area contributed by atoms with E-state index in [4.69, 9.17) is 9.47 Å². The van der Waals surface area contributed by atoms with Crippen LogP contribution in [0.5, 0.6) is 0 Å². The van der Waals surface area contributed by atoms with Gasteiger partial charge in [-0.25, -0.2) is 0 Å². The van der Waals surface area contributed by atoms with Gasteiger partial charge in [0.2, 0.25) is 5.91 Å². The number of carbonyl (C=O) groups is 1. The predicted molar refractivity (Wildman–Crippen MR) is 189 cm³/mol. The Morgan fingerprint density at radius 3 is 2.00 bits per heavy atom. The summed E-state index contributed by atoms with van der Waals surface area (Å²) in [5.74, 6) is 0.122. The predicted octanol–water partition coefficient (Wildman–Crippen LogP) is 8.28. The molecule has 4 rings (SSSR count). The Kier molecular flexibility index (Phi) is 17.3. The van der Waals surface area contributed by atoms with E-state index < -0.39 is 6.29 Å². The van der Waals surface area contributed by atoms with Gasteiger partial charge in [0, 0.05) is 37.5 Å². The molecule has 47 heavy (non-hydrogen) atoms. The van der Waals surface area contributed by atoms with Gasteiger partial charge in [0.1, 0.15) is 0 Å². The third-order valence-electron chi connectivity index (χ3n) is 10.0. The lowest BCUT2D eigenvalue weighted by Gasteiger charge is -2.38. The Labute approximate surface area is 284 Å². The molecule has 4 unspecified atom stereocenters. The Hall–Kier alpha value is -2.29. The molecule has 262 valence electrons. The van der Waals surface area contributed by atoms with E-state index in [0.29, 0.717) is 13.0 Å². The first kappa shape index (κ1) is 37.5. The van der Waals surface area contributed by atoms with Crippen LogP contribution in [0.25, 0.3) is 0 Å². The number of ether oxygens (including phenoxy) is 2. The van der Waals surface area contributed by atoms with Crippen LogP contribution in [-0.4, -0.2) is 52.9 Å². The van der Waals surface area contributed by atoms with Crippen molar-refractivity contribution in [3.63, 3.8) is 0 Å². The van der Waals surface area contributed by atoms with Gasteiger partial charge in [-0.05, 0) is 42.5 Å². The lowest BCUT2D eigenvalue weighted by Crippen LogP contribution is -2.42. The van der Waals surface area contributed by atoms with E-state index in [1.54, 1.807) is 0 Å². The topological polar surface area (TPSA) is 91.3 Å². The van der Waals surface area contributed by atoms with E-state index in [1.165, 1.54) is 70.6 Å². The number of hydrogen-bond acceptors (Lipinski definition) is 6. The fourth-order valence-corrected chi connectivity index (χ4v) is 7.02. The molecule has 0 saturated carbocycles. The zero-order chi connectivity index (χ0) is 33.1. The second-order valence-electron chi connectivity index (χ2n) is 13.8. The number of carbonyl (C=O) groups excluding carboxylic acids is 1. The molecule has 2 saturated heterocycles. The van der Waals surface area contributed by atoms with E-state index in [-0.39, 0.29) is 37.4 Å². The Bertz CT molecular complexity index is 1120. The highest BCUT2D eigenvalue weighted by Gasteiger charge is 2.35. The summed E-state index contributed by atoms with van der Waals surface area (Å²) in [6, 6.07) is 16.3. The van der Waals surface area contributed by atoms with Gasteiger partial charge in [-0.15, -0.1) is 0 Å². The number of benzene rings is 2. The van der Waals surface area contributed by atoms with Crippen molar-refractivity contribution in [1.82, 2.24) is 10.2 Å². The minimum atomic E-state index is -0.509. The molecule has 1 amide bonds. The smallest absolute Gasteiger partial charge is 0.220 e. The number of aliphatic hydroxyl groups is 2. The fourth-order valence-electron chi connectivity index (χ4n) is 7.02. The number of hydrogen-bond donors (Lipinski definition) is 3. The monoisotopic (exact) mass is 650 g/mol. The van der Waals surface area contributed by atoms with Crippen molar-refractivity contribution >= 4 is 5.91 Å². The Balaban J connectivity index is 1.17. The van der Waals surface area contributed by atoms with Crippen molar-refractivity contribution in [2.45, 2.75) is 154 Å². The molecule has 0 bridgehead atoms. The minimum Gasteiger partial charge on any atom is -0.395 e. The van der Waals surface area contributed by atoms with E-state index in [9.17, 15) is 15.0 Å². The number of nitrogens with zero attached hydrogens (tertiary/aromatic N) is 1. The van der Waals surface area contributed by atoms with E-state index in [1.807, 2.05) is 48.5 Å². The Morgan fingerprint density at radius 1 is 0.787 bits per heavy atom. The van der Waals surface area contributed by atoms with E-state index in [2.05, 4.69) is 17.1 Å². The van der Waals surface area contributed by atoms with Gasteiger partial charge in [0.05, 0.1) is 25.4 Å². The number of unbranched alkanes of at least 4 members (excludes halogenated alkanes) is 12. The molecule has 7 heteroatoms. The standard InChI is InChI=1S/C40H62N2O5/c1-2-3-4-5-6-7-8-9-10-11-12-13-14-17-39(45)41-28-32-18-24-35(25-19-32)40-46-37(29-42-26-15-16-36(42)31-44)27-38(47-40)34-22-20-33(30-43)21-23-34/h18-25,36-38,40,43-44H,2-17,26-31H2,1H3,(H,41,45). The molecular formula is C40H62N2O5. The summed E-state index contributed by atoms with van der Waals surface area (Å²) in [6.45, 7) is 4.73. The van der Waals surface area contributed by atoms with Gasteiger partial charge in [-0.2, -0.15) is 0 Å². The van der Waals surface area contributed by atoms with Crippen LogP contribution in [0.15, 0.2) is 48.5 Å². The summed E-state index contributed by atoms with van der Waals surface area (Å²) in [5, 5.41) is 22.4. The first-order valence-corrected chi connectivity index (χ1v) is 18.8. The summed E-state index contributed by atoms with van der Waals surface area (Å²) >= 11 is 0. The third-order valence-corrected chi connectivity index (χ3v) is 10.0. The molecule has 0 aliphatic carbocycles. The van der Waals surface area contributed by atoms with Crippen molar-refractivity contribution in [1.29, 1.82) is 0 Å². The maximum atomic E-state index is 12.5. The largest absolute Gasteiger partial charge is 0.395 e. The van der Waals surface area contributed by atoms with Gasteiger partial charge < -0.3 is 25.0 Å². The van der Waals surface area contributed by atoms with Crippen molar-refractivity contribution in [2.24, 2.45) is 0 Å². The lowest BCUT2D eigenvalue weighted by molar-refractivity contribution is -0.253. The highest BCUT2D eigenvalue weighted by atomic mass is 16.7. The van der Waals surface area contributed by atoms with Crippen LogP contribution in [0.2, 0.25) is 0 Å². The summed E-state index contributed by atoms with van der Waals surface area (Å²) < 4.78 is 13.0. The molecule has 2 heterocycles. The van der Waals surface area contributed by atoms with Crippen LogP contribution >= 0.6 is 0 Å². The molecule has 7 nitrogen and oxygen atoms in total. The highest BCUT2D eigenvalue weighted by molar-refractivity contribution is 5.75. The lowest BCUT2D eigenvalue weighted by atomic mass is 9.99. The maximum absolute atomic E-state index is 12.5. The second kappa shape index (κ2) is 21.6. The average molecular weight is 651 g/mol. The van der Waals surface area contributed by atoms with Crippen LogP contribution in [0.4, 0.5) is 0 Å². The quantitative estimate of drug-likeness (QED) is 0.111. The van der Waals surface area contributed by atoms with E-state index in [0.717, 1.165) is 67.4 Å². The average Bonchev–Trinajstić information content (AvgIpc) is 3.56. The first-order valence-electron chi connectivity index (χ1n) is 18.8. The van der Waals surface area contributed by atoms with Crippen molar-refractivity contribution in [3.8, 4) is 0 Å².